The summed E-state index contributed by atoms with van der Waals surface area (Å²) in [6.07, 6.45) is 2.02. The quantitative estimate of drug-likeness (QED) is 0.650. The maximum Gasteiger partial charge on any atom is 0.315 e. The molecule has 0 atom stereocenters. The number of carbonyl (C=O) groups excluding carboxylic acids is 2. The van der Waals surface area contributed by atoms with Crippen LogP contribution in [0, 0.1) is 0 Å². The first-order valence-electron chi connectivity index (χ1n) is 5.83. The van der Waals surface area contributed by atoms with E-state index in [1.165, 1.54) is 0 Å². The third-order valence-corrected chi connectivity index (χ3v) is 2.24. The van der Waals surface area contributed by atoms with E-state index < -0.39 is 0 Å². The Hall–Kier alpha value is -1.26. The van der Waals surface area contributed by atoms with Crippen molar-refractivity contribution in [2.75, 3.05) is 13.2 Å². The van der Waals surface area contributed by atoms with E-state index in [0.717, 1.165) is 12.8 Å². The largest absolute Gasteiger partial charge is 0.466 e. The lowest BCUT2D eigenvalue weighted by atomic mass is 10.2. The minimum absolute atomic E-state index is 0.197. The molecule has 0 aliphatic rings. The molecule has 0 saturated heterocycles. The Labute approximate surface area is 96.9 Å². The summed E-state index contributed by atoms with van der Waals surface area (Å²) < 4.78 is 4.74. The minimum atomic E-state index is -0.287. The second-order valence-corrected chi connectivity index (χ2v) is 3.47. The number of amides is 2. The van der Waals surface area contributed by atoms with Crippen LogP contribution in [-0.4, -0.2) is 31.2 Å². The molecule has 0 radical (unpaired) electrons. The Balaban J connectivity index is 3.61. The Morgan fingerprint density at radius 1 is 1.19 bits per heavy atom. The average Bonchev–Trinajstić information content (AvgIpc) is 2.26. The standard InChI is InChI=1S/C11H22N2O3/c1-4-9(5-2)13-11(15)12-8-7-10(14)16-6-3/h9H,4-8H2,1-3H3,(H2,12,13,15). The fourth-order valence-corrected chi connectivity index (χ4v) is 1.24. The van der Waals surface area contributed by atoms with Crippen LogP contribution < -0.4 is 10.6 Å². The molecule has 2 N–H and O–H groups in total. The van der Waals surface area contributed by atoms with E-state index in [4.69, 9.17) is 4.74 Å². The number of hydrogen-bond acceptors (Lipinski definition) is 3. The van der Waals surface area contributed by atoms with Gasteiger partial charge in [-0.05, 0) is 19.8 Å². The van der Waals surface area contributed by atoms with Crippen LogP contribution >= 0.6 is 0 Å². The van der Waals surface area contributed by atoms with Gasteiger partial charge in [0.25, 0.3) is 0 Å². The zero-order valence-corrected chi connectivity index (χ0v) is 10.3. The molecule has 5 heteroatoms. The number of hydrogen-bond donors (Lipinski definition) is 2. The zero-order valence-electron chi connectivity index (χ0n) is 10.3. The lowest BCUT2D eigenvalue weighted by Gasteiger charge is -2.15. The van der Waals surface area contributed by atoms with E-state index in [-0.39, 0.29) is 24.5 Å². The van der Waals surface area contributed by atoms with Crippen molar-refractivity contribution in [2.45, 2.75) is 46.1 Å². The Morgan fingerprint density at radius 3 is 2.31 bits per heavy atom. The number of esters is 1. The molecule has 0 aliphatic heterocycles. The molecular formula is C11H22N2O3. The van der Waals surface area contributed by atoms with E-state index in [0.29, 0.717) is 13.2 Å². The van der Waals surface area contributed by atoms with Crippen LogP contribution in [0.3, 0.4) is 0 Å². The second-order valence-electron chi connectivity index (χ2n) is 3.47. The van der Waals surface area contributed by atoms with Crippen LogP contribution in [0.2, 0.25) is 0 Å². The normalized spacial score (nSPS) is 10.0. The fraction of sp³-hybridized carbons (Fsp3) is 0.818. The van der Waals surface area contributed by atoms with Gasteiger partial charge in [-0.2, -0.15) is 0 Å². The molecule has 2 amide bonds. The average molecular weight is 230 g/mol. The minimum Gasteiger partial charge on any atom is -0.466 e. The Bertz CT molecular complexity index is 215. The van der Waals surface area contributed by atoms with E-state index >= 15 is 0 Å². The van der Waals surface area contributed by atoms with E-state index in [2.05, 4.69) is 10.6 Å². The summed E-state index contributed by atoms with van der Waals surface area (Å²) in [5, 5.41) is 5.44. The van der Waals surface area contributed by atoms with Gasteiger partial charge in [0.1, 0.15) is 0 Å². The van der Waals surface area contributed by atoms with Crippen LogP contribution in [0.25, 0.3) is 0 Å². The predicted molar refractivity (Wildman–Crippen MR) is 62.2 cm³/mol. The summed E-state index contributed by atoms with van der Waals surface area (Å²) >= 11 is 0. The van der Waals surface area contributed by atoms with Crippen molar-refractivity contribution in [3.05, 3.63) is 0 Å². The number of nitrogens with one attached hydrogen (secondary N) is 2. The molecule has 0 unspecified atom stereocenters. The first-order chi connectivity index (χ1) is 7.63. The van der Waals surface area contributed by atoms with E-state index in [9.17, 15) is 9.59 Å². The van der Waals surface area contributed by atoms with Crippen LogP contribution in [-0.2, 0) is 9.53 Å². The van der Waals surface area contributed by atoms with Crippen LogP contribution in [0.1, 0.15) is 40.0 Å². The molecular weight excluding hydrogens is 208 g/mol. The molecule has 0 aromatic carbocycles. The SMILES string of the molecule is CCOC(=O)CCNC(=O)NC(CC)CC. The molecule has 0 aromatic heterocycles. The van der Waals surface area contributed by atoms with Crippen molar-refractivity contribution in [3.63, 3.8) is 0 Å². The van der Waals surface area contributed by atoms with Crippen molar-refractivity contribution < 1.29 is 14.3 Å². The highest BCUT2D eigenvalue weighted by molar-refractivity contribution is 5.75. The summed E-state index contributed by atoms with van der Waals surface area (Å²) in [5.41, 5.74) is 0. The highest BCUT2D eigenvalue weighted by atomic mass is 16.5. The van der Waals surface area contributed by atoms with E-state index in [1.54, 1.807) is 6.92 Å². The molecule has 0 saturated carbocycles. The molecule has 0 fully saturated rings. The van der Waals surface area contributed by atoms with Gasteiger partial charge in [0.15, 0.2) is 0 Å². The third-order valence-electron chi connectivity index (χ3n) is 2.24. The molecule has 0 aliphatic carbocycles. The third kappa shape index (κ3) is 7.09. The Kier molecular flexibility index (Phi) is 8.29. The van der Waals surface area contributed by atoms with Crippen molar-refractivity contribution >= 4 is 12.0 Å². The lowest BCUT2D eigenvalue weighted by molar-refractivity contribution is -0.142. The van der Waals surface area contributed by atoms with Gasteiger partial charge < -0.3 is 15.4 Å². The number of ether oxygens (including phenoxy) is 1. The summed E-state index contributed by atoms with van der Waals surface area (Å²) in [5.74, 6) is -0.287. The van der Waals surface area contributed by atoms with Gasteiger partial charge in [-0.1, -0.05) is 13.8 Å². The molecule has 16 heavy (non-hydrogen) atoms. The first-order valence-corrected chi connectivity index (χ1v) is 5.83. The lowest BCUT2D eigenvalue weighted by Crippen LogP contribution is -2.42. The molecule has 94 valence electrons. The summed E-state index contributed by atoms with van der Waals surface area (Å²) in [6.45, 7) is 6.48. The highest BCUT2D eigenvalue weighted by Gasteiger charge is 2.08. The van der Waals surface area contributed by atoms with E-state index in [1.807, 2.05) is 13.8 Å². The topological polar surface area (TPSA) is 67.4 Å². The van der Waals surface area contributed by atoms with Gasteiger partial charge in [0.2, 0.25) is 0 Å². The maximum atomic E-state index is 11.3. The summed E-state index contributed by atoms with van der Waals surface area (Å²) in [7, 11) is 0. The maximum absolute atomic E-state index is 11.3. The van der Waals surface area contributed by atoms with Gasteiger partial charge >= 0.3 is 12.0 Å². The first kappa shape index (κ1) is 14.7. The van der Waals surface area contributed by atoms with Gasteiger partial charge in [-0.3, -0.25) is 4.79 Å². The van der Waals surface area contributed by atoms with Gasteiger partial charge in [-0.15, -0.1) is 0 Å². The van der Waals surface area contributed by atoms with Crippen LogP contribution in [0.4, 0.5) is 4.79 Å². The molecule has 5 nitrogen and oxygen atoms in total. The molecule has 0 spiro atoms. The zero-order chi connectivity index (χ0) is 12.4. The van der Waals surface area contributed by atoms with Crippen LogP contribution in [0.15, 0.2) is 0 Å². The predicted octanol–water partition coefficient (Wildman–Crippen LogP) is 1.43. The van der Waals surface area contributed by atoms with Crippen molar-refractivity contribution in [1.29, 1.82) is 0 Å². The van der Waals surface area contributed by atoms with Crippen molar-refractivity contribution in [3.8, 4) is 0 Å². The summed E-state index contributed by atoms with van der Waals surface area (Å²) in [6, 6.07) is -0.0272. The Morgan fingerprint density at radius 2 is 1.81 bits per heavy atom. The smallest absolute Gasteiger partial charge is 0.315 e. The van der Waals surface area contributed by atoms with Crippen molar-refractivity contribution in [1.82, 2.24) is 10.6 Å². The number of carbonyl (C=O) groups is 2. The fourth-order valence-electron chi connectivity index (χ4n) is 1.24. The summed E-state index contributed by atoms with van der Waals surface area (Å²) in [4.78, 5) is 22.3. The highest BCUT2D eigenvalue weighted by Crippen LogP contribution is 1.95. The molecule has 0 aromatic rings. The number of urea groups is 1. The van der Waals surface area contributed by atoms with Gasteiger partial charge in [-0.25, -0.2) is 4.79 Å². The van der Waals surface area contributed by atoms with Gasteiger partial charge in [0, 0.05) is 12.6 Å². The van der Waals surface area contributed by atoms with Crippen molar-refractivity contribution in [2.24, 2.45) is 0 Å². The van der Waals surface area contributed by atoms with Gasteiger partial charge in [0.05, 0.1) is 13.0 Å². The molecule has 0 heterocycles. The second kappa shape index (κ2) is 9.00. The monoisotopic (exact) mass is 230 g/mol. The molecule has 0 rings (SSSR count). The van der Waals surface area contributed by atoms with Crippen LogP contribution in [0.5, 0.6) is 0 Å². The molecule has 0 bridgehead atoms. The number of rotatable bonds is 7.